The normalized spacial score (nSPS) is 15.8. The SMILES string of the molecule is Cc1cccc2nc(CN3CCN(c4cccc(C(F)(F)F)c4)CC3)cc(=O)n12. The minimum Gasteiger partial charge on any atom is -0.369 e. The standard InChI is InChI=1S/C21H21F3N4O/c1-15-4-2-7-19-25-17(13-20(29)28(15)19)14-26-8-10-27(11-9-26)18-6-3-5-16(12-18)21(22,23)24/h2-7,12-13H,8-11,14H2,1H3. The summed E-state index contributed by atoms with van der Waals surface area (Å²) in [7, 11) is 0. The van der Waals surface area contributed by atoms with Crippen molar-refractivity contribution in [2.45, 2.75) is 19.6 Å². The quantitative estimate of drug-likeness (QED) is 0.674. The molecule has 3 heterocycles. The number of halogens is 3. The second-order valence-corrected chi connectivity index (χ2v) is 7.26. The number of pyridine rings is 1. The molecule has 0 spiro atoms. The molecule has 152 valence electrons. The Hall–Kier alpha value is -2.87. The van der Waals surface area contributed by atoms with Gasteiger partial charge in [-0.25, -0.2) is 4.98 Å². The fraction of sp³-hybridized carbons (Fsp3) is 0.333. The summed E-state index contributed by atoms with van der Waals surface area (Å²) in [6, 6.07) is 12.5. The first-order valence-electron chi connectivity index (χ1n) is 9.44. The van der Waals surface area contributed by atoms with Gasteiger partial charge in [0.05, 0.1) is 11.3 Å². The summed E-state index contributed by atoms with van der Waals surface area (Å²) >= 11 is 0. The van der Waals surface area contributed by atoms with Crippen LogP contribution in [-0.4, -0.2) is 40.5 Å². The summed E-state index contributed by atoms with van der Waals surface area (Å²) in [6.45, 7) is 5.01. The number of hydrogen-bond acceptors (Lipinski definition) is 4. The maximum atomic E-state index is 12.9. The van der Waals surface area contributed by atoms with Crippen molar-refractivity contribution in [3.05, 3.63) is 75.8 Å². The molecule has 3 aromatic rings. The van der Waals surface area contributed by atoms with Crippen LogP contribution >= 0.6 is 0 Å². The van der Waals surface area contributed by atoms with E-state index in [2.05, 4.69) is 9.88 Å². The van der Waals surface area contributed by atoms with E-state index in [0.29, 0.717) is 49.8 Å². The summed E-state index contributed by atoms with van der Waals surface area (Å²) in [5, 5.41) is 0. The van der Waals surface area contributed by atoms with Crippen molar-refractivity contribution < 1.29 is 13.2 Å². The van der Waals surface area contributed by atoms with Gasteiger partial charge in [0.25, 0.3) is 5.56 Å². The second kappa shape index (κ2) is 7.51. The van der Waals surface area contributed by atoms with Crippen molar-refractivity contribution >= 4 is 11.3 Å². The van der Waals surface area contributed by atoms with Gasteiger partial charge in [-0.1, -0.05) is 12.1 Å². The van der Waals surface area contributed by atoms with Crippen LogP contribution in [0.15, 0.2) is 53.3 Å². The maximum absolute atomic E-state index is 12.9. The van der Waals surface area contributed by atoms with Crippen molar-refractivity contribution in [2.75, 3.05) is 31.1 Å². The van der Waals surface area contributed by atoms with Gasteiger partial charge in [0.2, 0.25) is 0 Å². The fourth-order valence-corrected chi connectivity index (χ4v) is 3.72. The smallest absolute Gasteiger partial charge is 0.369 e. The first kappa shape index (κ1) is 19.4. The van der Waals surface area contributed by atoms with E-state index in [4.69, 9.17) is 0 Å². The Balaban J connectivity index is 1.44. The van der Waals surface area contributed by atoms with E-state index >= 15 is 0 Å². The molecular weight excluding hydrogens is 381 g/mol. The molecular formula is C21H21F3N4O. The summed E-state index contributed by atoms with van der Waals surface area (Å²) in [6.07, 6.45) is -4.34. The zero-order valence-electron chi connectivity index (χ0n) is 16.0. The van der Waals surface area contributed by atoms with Gasteiger partial charge in [0, 0.05) is 50.2 Å². The van der Waals surface area contributed by atoms with Gasteiger partial charge in [0.15, 0.2) is 0 Å². The molecule has 0 N–H and O–H groups in total. The first-order valence-corrected chi connectivity index (χ1v) is 9.44. The van der Waals surface area contributed by atoms with Gasteiger partial charge in [-0.2, -0.15) is 13.2 Å². The van der Waals surface area contributed by atoms with E-state index in [0.717, 1.165) is 11.8 Å². The van der Waals surface area contributed by atoms with Crippen LogP contribution in [0.2, 0.25) is 0 Å². The van der Waals surface area contributed by atoms with Crippen LogP contribution in [0.25, 0.3) is 5.65 Å². The number of piperazine rings is 1. The van der Waals surface area contributed by atoms with E-state index in [1.54, 1.807) is 16.5 Å². The molecule has 5 nitrogen and oxygen atoms in total. The predicted molar refractivity (Wildman–Crippen MR) is 105 cm³/mol. The van der Waals surface area contributed by atoms with Crippen LogP contribution in [0.5, 0.6) is 0 Å². The number of rotatable bonds is 3. The van der Waals surface area contributed by atoms with Gasteiger partial charge in [-0.15, -0.1) is 0 Å². The monoisotopic (exact) mass is 402 g/mol. The Morgan fingerprint density at radius 2 is 1.72 bits per heavy atom. The third-order valence-electron chi connectivity index (χ3n) is 5.23. The lowest BCUT2D eigenvalue weighted by Crippen LogP contribution is -2.46. The molecule has 0 unspecified atom stereocenters. The van der Waals surface area contributed by atoms with Crippen LogP contribution in [0.4, 0.5) is 18.9 Å². The lowest BCUT2D eigenvalue weighted by Gasteiger charge is -2.36. The van der Waals surface area contributed by atoms with Gasteiger partial charge in [-0.05, 0) is 37.3 Å². The van der Waals surface area contributed by atoms with E-state index in [-0.39, 0.29) is 5.56 Å². The third kappa shape index (κ3) is 4.12. The minimum atomic E-state index is -4.34. The number of benzene rings is 1. The molecule has 1 aliphatic rings. The van der Waals surface area contributed by atoms with Crippen molar-refractivity contribution in [3.8, 4) is 0 Å². The predicted octanol–water partition coefficient (Wildman–Crippen LogP) is 3.34. The Bertz CT molecular complexity index is 1090. The molecule has 0 aliphatic carbocycles. The first-order chi connectivity index (χ1) is 13.8. The molecule has 0 amide bonds. The molecule has 1 aliphatic heterocycles. The van der Waals surface area contributed by atoms with E-state index < -0.39 is 11.7 Å². The third-order valence-corrected chi connectivity index (χ3v) is 5.23. The van der Waals surface area contributed by atoms with Crippen LogP contribution in [-0.2, 0) is 12.7 Å². The van der Waals surface area contributed by atoms with E-state index in [9.17, 15) is 18.0 Å². The highest BCUT2D eigenvalue weighted by molar-refractivity contribution is 5.49. The molecule has 8 heteroatoms. The van der Waals surface area contributed by atoms with Gasteiger partial charge in [-0.3, -0.25) is 14.1 Å². The zero-order valence-corrected chi connectivity index (χ0v) is 16.0. The summed E-state index contributed by atoms with van der Waals surface area (Å²) in [4.78, 5) is 21.1. The summed E-state index contributed by atoms with van der Waals surface area (Å²) < 4.78 is 40.4. The topological polar surface area (TPSA) is 40.9 Å². The van der Waals surface area contributed by atoms with Crippen LogP contribution < -0.4 is 10.5 Å². The van der Waals surface area contributed by atoms with Crippen molar-refractivity contribution in [3.63, 3.8) is 0 Å². The molecule has 1 aromatic carbocycles. The highest BCUT2D eigenvalue weighted by Crippen LogP contribution is 2.31. The average molecular weight is 402 g/mol. The number of hydrogen-bond donors (Lipinski definition) is 0. The Morgan fingerprint density at radius 3 is 2.45 bits per heavy atom. The number of anilines is 1. The molecule has 0 atom stereocenters. The van der Waals surface area contributed by atoms with E-state index in [1.807, 2.05) is 30.0 Å². The highest BCUT2D eigenvalue weighted by Gasteiger charge is 2.31. The Kier molecular flexibility index (Phi) is 5.04. The average Bonchev–Trinajstić information content (AvgIpc) is 2.68. The number of fused-ring (bicyclic) bond motifs is 1. The minimum absolute atomic E-state index is 0.106. The molecule has 29 heavy (non-hydrogen) atoms. The Labute approximate surface area is 166 Å². The van der Waals surface area contributed by atoms with Crippen LogP contribution in [0.1, 0.15) is 17.0 Å². The number of nitrogens with zero attached hydrogens (tertiary/aromatic N) is 4. The van der Waals surface area contributed by atoms with Crippen molar-refractivity contribution in [2.24, 2.45) is 0 Å². The van der Waals surface area contributed by atoms with Crippen LogP contribution in [0, 0.1) is 6.92 Å². The maximum Gasteiger partial charge on any atom is 0.416 e. The molecule has 4 rings (SSSR count). The molecule has 0 saturated carbocycles. The summed E-state index contributed by atoms with van der Waals surface area (Å²) in [5.74, 6) is 0. The van der Waals surface area contributed by atoms with Gasteiger partial charge in [0.1, 0.15) is 5.65 Å². The lowest BCUT2D eigenvalue weighted by molar-refractivity contribution is -0.137. The highest BCUT2D eigenvalue weighted by atomic mass is 19.4. The summed E-state index contributed by atoms with van der Waals surface area (Å²) in [5.41, 5.74) is 2.00. The van der Waals surface area contributed by atoms with Crippen molar-refractivity contribution in [1.82, 2.24) is 14.3 Å². The van der Waals surface area contributed by atoms with Crippen LogP contribution in [0.3, 0.4) is 0 Å². The molecule has 1 saturated heterocycles. The second-order valence-electron chi connectivity index (χ2n) is 7.26. The van der Waals surface area contributed by atoms with Gasteiger partial charge < -0.3 is 4.90 Å². The van der Waals surface area contributed by atoms with E-state index in [1.165, 1.54) is 12.1 Å². The molecule has 0 radical (unpaired) electrons. The van der Waals surface area contributed by atoms with Gasteiger partial charge >= 0.3 is 6.18 Å². The molecule has 2 aromatic heterocycles. The molecule has 1 fully saturated rings. The number of alkyl halides is 3. The number of aromatic nitrogens is 2. The lowest BCUT2D eigenvalue weighted by atomic mass is 10.1. The molecule has 0 bridgehead atoms. The number of aryl methyl sites for hydroxylation is 1. The zero-order chi connectivity index (χ0) is 20.6. The fourth-order valence-electron chi connectivity index (χ4n) is 3.72. The largest absolute Gasteiger partial charge is 0.416 e. The van der Waals surface area contributed by atoms with Crippen molar-refractivity contribution in [1.29, 1.82) is 0 Å². The Morgan fingerprint density at radius 1 is 1.00 bits per heavy atom.